The van der Waals surface area contributed by atoms with E-state index in [1.54, 1.807) is 24.3 Å². The lowest BCUT2D eigenvalue weighted by Crippen LogP contribution is -2.29. The van der Waals surface area contributed by atoms with Gasteiger partial charge in [-0.1, -0.05) is 114 Å². The van der Waals surface area contributed by atoms with E-state index < -0.39 is 76.7 Å². The van der Waals surface area contributed by atoms with Crippen molar-refractivity contribution >= 4 is 19.8 Å². The van der Waals surface area contributed by atoms with Crippen LogP contribution < -0.4 is 0 Å². The molecule has 0 radical (unpaired) electrons. The summed E-state index contributed by atoms with van der Waals surface area (Å²) in [4.78, 5) is 35.2. The zero-order valence-electron chi connectivity index (χ0n) is 33.9. The van der Waals surface area contributed by atoms with Crippen molar-refractivity contribution in [2.75, 3.05) is 26.4 Å². The minimum Gasteiger partial charge on any atom is -0.461 e. The van der Waals surface area contributed by atoms with Gasteiger partial charge >= 0.3 is 19.8 Å². The van der Waals surface area contributed by atoms with Gasteiger partial charge in [-0.15, -0.1) is 0 Å². The summed E-state index contributed by atoms with van der Waals surface area (Å²) in [5.41, 5.74) is 0. The molecule has 0 heterocycles. The van der Waals surface area contributed by atoms with Gasteiger partial charge in [-0.05, 0) is 57.3 Å². The molecule has 324 valence electrons. The summed E-state index contributed by atoms with van der Waals surface area (Å²) in [6, 6.07) is 0. The highest BCUT2D eigenvalue weighted by atomic mass is 31.2. The van der Waals surface area contributed by atoms with E-state index in [0.29, 0.717) is 19.3 Å². The maximum Gasteiger partial charge on any atom is 0.472 e. The lowest BCUT2D eigenvalue weighted by atomic mass is 9.89. The lowest BCUT2D eigenvalue weighted by Gasteiger charge is -2.20. The molecule has 1 saturated carbocycles. The number of hydrogen-bond acceptors (Lipinski definition) is 12. The van der Waals surface area contributed by atoms with Crippen molar-refractivity contribution < 1.29 is 63.1 Å². The first-order valence-corrected chi connectivity index (χ1v) is 22.3. The average molecular weight is 817 g/mol. The molecule has 0 aromatic carbocycles. The molecule has 56 heavy (non-hydrogen) atoms. The van der Waals surface area contributed by atoms with Gasteiger partial charge in [0.15, 0.2) is 6.10 Å². The van der Waals surface area contributed by atoms with Crippen LogP contribution in [0.2, 0.25) is 0 Å². The predicted octanol–water partition coefficient (Wildman–Crippen LogP) is 6.93. The smallest absolute Gasteiger partial charge is 0.461 e. The van der Waals surface area contributed by atoms with Crippen molar-refractivity contribution in [2.45, 2.75) is 166 Å². The van der Waals surface area contributed by atoms with Crippen molar-refractivity contribution in [3.63, 3.8) is 0 Å². The molecule has 14 heteroatoms. The van der Waals surface area contributed by atoms with E-state index in [4.69, 9.17) is 19.1 Å². The molecule has 1 fully saturated rings. The van der Waals surface area contributed by atoms with Gasteiger partial charge < -0.3 is 39.9 Å². The monoisotopic (exact) mass is 816 g/mol. The van der Waals surface area contributed by atoms with Crippen molar-refractivity contribution in [2.24, 2.45) is 11.8 Å². The fourth-order valence-electron chi connectivity index (χ4n) is 6.23. The minimum atomic E-state index is -4.70. The maximum absolute atomic E-state index is 12.6. The summed E-state index contributed by atoms with van der Waals surface area (Å²) in [5, 5.41) is 49.6. The first-order chi connectivity index (χ1) is 26.9. The van der Waals surface area contributed by atoms with Gasteiger partial charge in [-0.3, -0.25) is 18.6 Å². The quantitative estimate of drug-likeness (QED) is 0.0169. The Hall–Kier alpha value is -2.19. The predicted molar refractivity (Wildman–Crippen MR) is 216 cm³/mol. The average Bonchev–Trinajstić information content (AvgIpc) is 3.44. The third kappa shape index (κ3) is 26.7. The molecule has 0 bridgehead atoms. The lowest BCUT2D eigenvalue weighted by molar-refractivity contribution is -0.160. The van der Waals surface area contributed by atoms with Gasteiger partial charge in [0.05, 0.1) is 44.6 Å². The summed E-state index contributed by atoms with van der Waals surface area (Å²) in [7, 11) is -4.70. The number of allylic oxidation sites excluding steroid dienone is 5. The Morgan fingerprint density at radius 3 is 2.11 bits per heavy atom. The number of aliphatic hydroxyl groups is 5. The minimum absolute atomic E-state index is 0.101. The molecule has 13 nitrogen and oxygen atoms in total. The van der Waals surface area contributed by atoms with Crippen LogP contribution in [0, 0.1) is 11.8 Å². The third-order valence-electron chi connectivity index (χ3n) is 9.56. The molecule has 1 rings (SSSR count). The summed E-state index contributed by atoms with van der Waals surface area (Å²) in [5.74, 6) is -1.89. The maximum atomic E-state index is 12.6. The highest BCUT2D eigenvalue weighted by molar-refractivity contribution is 7.47. The Morgan fingerprint density at radius 1 is 0.768 bits per heavy atom. The number of esters is 2. The number of unbranched alkanes of at least 4 members (excludes halogenated alkanes) is 10. The van der Waals surface area contributed by atoms with Crippen molar-refractivity contribution in [1.29, 1.82) is 0 Å². The molecule has 1 aliphatic rings. The molecular weight excluding hydrogens is 743 g/mol. The Labute approximate surface area is 335 Å². The van der Waals surface area contributed by atoms with E-state index in [1.165, 1.54) is 19.3 Å². The molecule has 0 amide bonds. The Morgan fingerprint density at radius 2 is 1.41 bits per heavy atom. The SMILES string of the molecule is CCCCC/C=C\C/C=C\CCCCCCCC(=O)O[C@H](COC(=O)C/C=C\C[C@H]1[C@@H](/C=C/[C@H](O)CCCCC)[C@H](O)C[C@@H]1O)COP(=O)(O)OC[C@@H](O)CO. The van der Waals surface area contributed by atoms with Crippen LogP contribution in [0.1, 0.15) is 136 Å². The Balaban J connectivity index is 2.56. The van der Waals surface area contributed by atoms with Gasteiger partial charge in [-0.25, -0.2) is 4.57 Å². The Bertz CT molecular complexity index is 1190. The van der Waals surface area contributed by atoms with E-state index >= 15 is 0 Å². The standard InChI is InChI=1S/C42H73O13P/c1-3-5-7-8-9-10-11-12-13-14-15-16-17-18-20-26-42(49)55-36(33-54-56(50,51)53-31-35(45)30-43)32-52-41(48)25-22-21-24-37-38(40(47)29-39(37)46)28-27-34(44)23-19-6-4-2/h9-10,12-13,21-22,27-28,34-40,43-47H,3-8,11,14-20,23-26,29-33H2,1-2H3,(H,50,51)/b10-9-,13-12-,22-21-,28-27+/t34-,35+,36-,37+,38-,39+,40-/m1/s1. The Kier molecular flexibility index (Phi) is 30.3. The van der Waals surface area contributed by atoms with E-state index in [0.717, 1.165) is 64.2 Å². The number of phosphoric acid groups is 1. The molecule has 0 aromatic rings. The molecular formula is C42H73O13P. The summed E-state index contributed by atoms with van der Waals surface area (Å²) in [6.45, 7) is 1.84. The normalized spacial score (nSPS) is 21.6. The highest BCUT2D eigenvalue weighted by Crippen LogP contribution is 2.43. The van der Waals surface area contributed by atoms with Gasteiger partial charge in [0, 0.05) is 18.8 Å². The first-order valence-electron chi connectivity index (χ1n) is 20.9. The van der Waals surface area contributed by atoms with Crippen molar-refractivity contribution in [1.82, 2.24) is 0 Å². The third-order valence-corrected chi connectivity index (χ3v) is 10.5. The van der Waals surface area contributed by atoms with Gasteiger partial charge in [-0.2, -0.15) is 0 Å². The largest absolute Gasteiger partial charge is 0.472 e. The van der Waals surface area contributed by atoms with Crippen LogP contribution in [0.3, 0.4) is 0 Å². The van der Waals surface area contributed by atoms with Gasteiger partial charge in [0.2, 0.25) is 0 Å². The van der Waals surface area contributed by atoms with E-state index in [2.05, 4.69) is 42.7 Å². The number of hydrogen-bond donors (Lipinski definition) is 6. The summed E-state index contributed by atoms with van der Waals surface area (Å²) >= 11 is 0. The molecule has 0 spiro atoms. The second kappa shape index (κ2) is 32.7. The second-order valence-corrected chi connectivity index (χ2v) is 16.1. The topological polar surface area (TPSA) is 210 Å². The number of carbonyl (C=O) groups is 2. The van der Waals surface area contributed by atoms with Crippen LogP contribution in [0.15, 0.2) is 48.6 Å². The molecule has 8 atom stereocenters. The zero-order chi connectivity index (χ0) is 41.4. The van der Waals surface area contributed by atoms with Crippen LogP contribution >= 0.6 is 7.82 Å². The number of phosphoric ester groups is 1. The molecule has 1 aliphatic carbocycles. The van der Waals surface area contributed by atoms with Gasteiger partial charge in [0.1, 0.15) is 12.7 Å². The molecule has 0 aromatic heterocycles. The molecule has 1 unspecified atom stereocenters. The number of rotatable bonds is 34. The fraction of sp³-hybridized carbons (Fsp3) is 0.762. The van der Waals surface area contributed by atoms with Crippen LogP contribution in [-0.4, -0.2) is 99.3 Å². The second-order valence-electron chi connectivity index (χ2n) is 14.6. The molecule has 0 aliphatic heterocycles. The van der Waals surface area contributed by atoms with E-state index in [9.17, 15) is 39.5 Å². The summed E-state index contributed by atoms with van der Waals surface area (Å²) < 4.78 is 32.6. The molecule has 0 saturated heterocycles. The highest BCUT2D eigenvalue weighted by Gasteiger charge is 2.39. The number of carbonyl (C=O) groups excluding carboxylic acids is 2. The van der Waals surface area contributed by atoms with Gasteiger partial charge in [0.25, 0.3) is 0 Å². The number of aliphatic hydroxyl groups excluding tert-OH is 5. The van der Waals surface area contributed by atoms with E-state index in [-0.39, 0.29) is 31.1 Å². The van der Waals surface area contributed by atoms with Crippen LogP contribution in [0.25, 0.3) is 0 Å². The van der Waals surface area contributed by atoms with E-state index in [1.807, 2.05) is 0 Å². The first kappa shape index (κ1) is 51.8. The molecule has 6 N–H and O–H groups in total. The number of ether oxygens (including phenoxy) is 2. The summed E-state index contributed by atoms with van der Waals surface area (Å²) in [6.07, 6.45) is 26.4. The van der Waals surface area contributed by atoms with Crippen molar-refractivity contribution in [3.8, 4) is 0 Å². The fourth-order valence-corrected chi connectivity index (χ4v) is 7.02. The van der Waals surface area contributed by atoms with Crippen LogP contribution in [0.4, 0.5) is 0 Å². The zero-order valence-corrected chi connectivity index (χ0v) is 34.8. The van der Waals surface area contributed by atoms with Crippen LogP contribution in [0.5, 0.6) is 0 Å². The van der Waals surface area contributed by atoms with Crippen LogP contribution in [-0.2, 0) is 32.7 Å². The van der Waals surface area contributed by atoms with Crippen molar-refractivity contribution in [3.05, 3.63) is 48.6 Å².